The first kappa shape index (κ1) is 16.9. The lowest BCUT2D eigenvalue weighted by Crippen LogP contribution is -1.87. The molecule has 0 saturated heterocycles. The van der Waals surface area contributed by atoms with Crippen molar-refractivity contribution in [2.24, 2.45) is 0 Å². The quantitative estimate of drug-likeness (QED) is 0.520. The Balaban J connectivity index is 1.97. The molecule has 0 heterocycles. The van der Waals surface area contributed by atoms with Crippen LogP contribution in [0.5, 0.6) is 11.5 Å². The molecule has 2 nitrogen and oxygen atoms in total. The number of hydrogen-bond acceptors (Lipinski definition) is 2. The summed E-state index contributed by atoms with van der Waals surface area (Å²) >= 11 is 0. The molecule has 114 valence electrons. The second-order valence-corrected chi connectivity index (χ2v) is 5.74. The number of benzene rings is 1. The lowest BCUT2D eigenvalue weighted by molar-refractivity contribution is 0.444. The molecule has 2 N–H and O–H groups in total. The maximum Gasteiger partial charge on any atom is 0.122 e. The van der Waals surface area contributed by atoms with Gasteiger partial charge in [0, 0.05) is 6.07 Å². The van der Waals surface area contributed by atoms with Gasteiger partial charge in [0.05, 0.1) is 0 Å². The van der Waals surface area contributed by atoms with Crippen LogP contribution in [-0.4, -0.2) is 10.2 Å². The fourth-order valence-corrected chi connectivity index (χ4v) is 2.57. The van der Waals surface area contributed by atoms with Gasteiger partial charge < -0.3 is 10.2 Å². The summed E-state index contributed by atoms with van der Waals surface area (Å²) in [5, 5.41) is 18.9. The molecule has 0 aliphatic heterocycles. The summed E-state index contributed by atoms with van der Waals surface area (Å²) in [7, 11) is 0. The van der Waals surface area contributed by atoms with Gasteiger partial charge in [-0.05, 0) is 24.5 Å². The van der Waals surface area contributed by atoms with E-state index >= 15 is 0 Å². The SMILES string of the molecule is CCCCCCCCCCCCc1ccc(O)cc1O. The molecular formula is C18H30O2. The van der Waals surface area contributed by atoms with Crippen molar-refractivity contribution >= 4 is 0 Å². The molecule has 0 unspecified atom stereocenters. The Labute approximate surface area is 123 Å². The smallest absolute Gasteiger partial charge is 0.122 e. The second-order valence-electron chi connectivity index (χ2n) is 5.74. The molecule has 1 aromatic rings. The largest absolute Gasteiger partial charge is 0.508 e. The topological polar surface area (TPSA) is 40.5 Å². The molecule has 0 aromatic heterocycles. The van der Waals surface area contributed by atoms with Crippen LogP contribution in [0.1, 0.15) is 76.7 Å². The number of unbranched alkanes of at least 4 members (excludes halogenated alkanes) is 9. The fraction of sp³-hybridized carbons (Fsp3) is 0.667. The van der Waals surface area contributed by atoms with Crippen molar-refractivity contribution in [1.82, 2.24) is 0 Å². The van der Waals surface area contributed by atoms with Gasteiger partial charge in [0.15, 0.2) is 0 Å². The Morgan fingerprint density at radius 1 is 0.750 bits per heavy atom. The van der Waals surface area contributed by atoms with E-state index in [4.69, 9.17) is 0 Å². The van der Waals surface area contributed by atoms with Gasteiger partial charge in [0.1, 0.15) is 11.5 Å². The summed E-state index contributed by atoms with van der Waals surface area (Å²) < 4.78 is 0. The molecule has 1 rings (SSSR count). The van der Waals surface area contributed by atoms with Gasteiger partial charge in [-0.25, -0.2) is 0 Å². The highest BCUT2D eigenvalue weighted by atomic mass is 16.3. The molecular weight excluding hydrogens is 248 g/mol. The van der Waals surface area contributed by atoms with E-state index in [1.165, 1.54) is 63.9 Å². The normalized spacial score (nSPS) is 10.8. The minimum Gasteiger partial charge on any atom is -0.508 e. The zero-order chi connectivity index (χ0) is 14.6. The third-order valence-electron chi connectivity index (χ3n) is 3.87. The Morgan fingerprint density at radius 2 is 1.30 bits per heavy atom. The van der Waals surface area contributed by atoms with Crippen LogP contribution in [0.15, 0.2) is 18.2 Å². The van der Waals surface area contributed by atoms with Crippen molar-refractivity contribution in [3.63, 3.8) is 0 Å². The minimum atomic E-state index is 0.134. The molecule has 1 aromatic carbocycles. The lowest BCUT2D eigenvalue weighted by atomic mass is 10.0. The van der Waals surface area contributed by atoms with Gasteiger partial charge in [-0.15, -0.1) is 0 Å². The molecule has 0 aliphatic rings. The van der Waals surface area contributed by atoms with Crippen LogP contribution in [0.2, 0.25) is 0 Å². The Kier molecular flexibility index (Phi) is 8.93. The number of phenolic OH excluding ortho intramolecular Hbond substituents is 2. The van der Waals surface area contributed by atoms with Crippen LogP contribution in [0.4, 0.5) is 0 Å². The van der Waals surface area contributed by atoms with Crippen LogP contribution in [0, 0.1) is 0 Å². The van der Waals surface area contributed by atoms with E-state index in [0.29, 0.717) is 0 Å². The zero-order valence-corrected chi connectivity index (χ0v) is 12.9. The molecule has 0 fully saturated rings. The second kappa shape index (κ2) is 10.6. The maximum absolute atomic E-state index is 9.67. The summed E-state index contributed by atoms with van der Waals surface area (Å²) in [6, 6.07) is 4.88. The Morgan fingerprint density at radius 3 is 1.85 bits per heavy atom. The first-order valence-electron chi connectivity index (χ1n) is 8.25. The van der Waals surface area contributed by atoms with Gasteiger partial charge in [0.2, 0.25) is 0 Å². The van der Waals surface area contributed by atoms with Crippen LogP contribution in [0.25, 0.3) is 0 Å². The van der Waals surface area contributed by atoms with Crippen molar-refractivity contribution < 1.29 is 10.2 Å². The zero-order valence-electron chi connectivity index (χ0n) is 12.9. The van der Waals surface area contributed by atoms with Gasteiger partial charge in [-0.1, -0.05) is 70.8 Å². The molecule has 20 heavy (non-hydrogen) atoms. The van der Waals surface area contributed by atoms with Crippen molar-refractivity contribution in [2.45, 2.75) is 77.6 Å². The average molecular weight is 278 g/mol. The number of rotatable bonds is 11. The van der Waals surface area contributed by atoms with Gasteiger partial charge in [0.25, 0.3) is 0 Å². The lowest BCUT2D eigenvalue weighted by Gasteiger charge is -2.05. The van der Waals surface area contributed by atoms with Crippen molar-refractivity contribution in [1.29, 1.82) is 0 Å². The van der Waals surface area contributed by atoms with Crippen LogP contribution in [0.3, 0.4) is 0 Å². The summed E-state index contributed by atoms with van der Waals surface area (Å²) in [6.07, 6.45) is 14.2. The van der Waals surface area contributed by atoms with Crippen molar-refractivity contribution in [3.8, 4) is 11.5 Å². The highest BCUT2D eigenvalue weighted by Crippen LogP contribution is 2.24. The monoisotopic (exact) mass is 278 g/mol. The van der Waals surface area contributed by atoms with E-state index in [1.54, 1.807) is 6.07 Å². The number of aromatic hydroxyl groups is 2. The predicted molar refractivity (Wildman–Crippen MR) is 85.3 cm³/mol. The predicted octanol–water partition coefficient (Wildman–Crippen LogP) is 5.56. The summed E-state index contributed by atoms with van der Waals surface area (Å²) in [5.41, 5.74) is 0.947. The molecule has 0 bridgehead atoms. The standard InChI is InChI=1S/C18H30O2/c1-2-3-4-5-6-7-8-9-10-11-12-16-13-14-17(19)15-18(16)20/h13-15,19-20H,2-12H2,1H3. The van der Waals surface area contributed by atoms with Crippen LogP contribution < -0.4 is 0 Å². The van der Waals surface area contributed by atoms with Gasteiger partial charge in [-0.3, -0.25) is 0 Å². The molecule has 0 amide bonds. The Bertz CT molecular complexity index is 360. The molecule has 0 radical (unpaired) electrons. The first-order valence-corrected chi connectivity index (χ1v) is 8.25. The molecule has 2 heteroatoms. The first-order chi connectivity index (χ1) is 9.74. The molecule has 0 saturated carbocycles. The van der Waals surface area contributed by atoms with Crippen molar-refractivity contribution in [2.75, 3.05) is 0 Å². The van der Waals surface area contributed by atoms with Crippen LogP contribution >= 0.6 is 0 Å². The van der Waals surface area contributed by atoms with Crippen LogP contribution in [-0.2, 0) is 6.42 Å². The Hall–Kier alpha value is -1.18. The van der Waals surface area contributed by atoms with Crippen molar-refractivity contribution in [3.05, 3.63) is 23.8 Å². The third-order valence-corrected chi connectivity index (χ3v) is 3.87. The highest BCUT2D eigenvalue weighted by molar-refractivity contribution is 5.38. The van der Waals surface area contributed by atoms with Gasteiger partial charge in [-0.2, -0.15) is 0 Å². The van der Waals surface area contributed by atoms with E-state index in [0.717, 1.165) is 18.4 Å². The number of hydrogen-bond donors (Lipinski definition) is 2. The minimum absolute atomic E-state index is 0.134. The summed E-state index contributed by atoms with van der Waals surface area (Å²) in [5.74, 6) is 0.357. The maximum atomic E-state index is 9.67. The van der Waals surface area contributed by atoms with E-state index in [9.17, 15) is 10.2 Å². The average Bonchev–Trinajstić information content (AvgIpc) is 2.43. The van der Waals surface area contributed by atoms with E-state index < -0.39 is 0 Å². The third kappa shape index (κ3) is 7.42. The summed E-state index contributed by atoms with van der Waals surface area (Å²) in [4.78, 5) is 0. The highest BCUT2D eigenvalue weighted by Gasteiger charge is 2.01. The number of phenols is 2. The fourth-order valence-electron chi connectivity index (χ4n) is 2.57. The van der Waals surface area contributed by atoms with E-state index in [2.05, 4.69) is 6.92 Å². The number of aryl methyl sites for hydroxylation is 1. The van der Waals surface area contributed by atoms with E-state index in [-0.39, 0.29) is 11.5 Å². The molecule has 0 atom stereocenters. The van der Waals surface area contributed by atoms with E-state index in [1.807, 2.05) is 6.07 Å². The summed E-state index contributed by atoms with van der Waals surface area (Å²) in [6.45, 7) is 2.26. The van der Waals surface area contributed by atoms with Gasteiger partial charge >= 0.3 is 0 Å². The molecule has 0 aliphatic carbocycles. The molecule has 0 spiro atoms.